The monoisotopic (exact) mass is 431 g/mol. The van der Waals surface area contributed by atoms with E-state index in [4.69, 9.17) is 10.5 Å². The van der Waals surface area contributed by atoms with E-state index in [0.29, 0.717) is 30.3 Å². The summed E-state index contributed by atoms with van der Waals surface area (Å²) < 4.78 is 46.0. The summed E-state index contributed by atoms with van der Waals surface area (Å²) in [5.41, 5.74) is 7.42. The molecule has 31 heavy (non-hydrogen) atoms. The summed E-state index contributed by atoms with van der Waals surface area (Å²) in [4.78, 5) is 15.1. The smallest absolute Gasteiger partial charge is 0.439 e. The first kappa shape index (κ1) is 22.1. The van der Waals surface area contributed by atoms with Crippen LogP contribution in [0.4, 0.5) is 13.2 Å². The maximum absolute atomic E-state index is 12.2. The zero-order chi connectivity index (χ0) is 22.3. The van der Waals surface area contributed by atoms with E-state index < -0.39 is 12.3 Å². The molecule has 0 saturated carbocycles. The third-order valence-corrected chi connectivity index (χ3v) is 4.24. The number of nitrogens with zero attached hydrogens (tertiary/aromatic N) is 1. The van der Waals surface area contributed by atoms with Gasteiger partial charge in [0, 0.05) is 18.8 Å². The number of carbonyl (C=O) groups is 1. The van der Waals surface area contributed by atoms with E-state index in [9.17, 15) is 18.0 Å². The normalized spacial score (nSPS) is 11.2. The topological polar surface area (TPSA) is 86.5 Å². The minimum Gasteiger partial charge on any atom is -0.439 e. The van der Waals surface area contributed by atoms with E-state index in [0.717, 1.165) is 17.5 Å². The van der Waals surface area contributed by atoms with Gasteiger partial charge in [0.05, 0.1) is 5.56 Å². The Labute approximate surface area is 176 Å². The number of pyridine rings is 1. The van der Waals surface area contributed by atoms with Gasteiger partial charge in [-0.1, -0.05) is 24.3 Å². The van der Waals surface area contributed by atoms with Gasteiger partial charge in [0.2, 0.25) is 11.8 Å². The van der Waals surface area contributed by atoms with E-state index in [-0.39, 0.29) is 5.75 Å². The van der Waals surface area contributed by atoms with Crippen molar-refractivity contribution in [3.05, 3.63) is 83.6 Å². The second kappa shape index (κ2) is 9.94. The molecule has 3 N–H and O–H groups in total. The number of benzene rings is 2. The number of nitrogens with two attached hydrogens (primary N) is 1. The van der Waals surface area contributed by atoms with Gasteiger partial charge in [0.25, 0.3) is 0 Å². The van der Waals surface area contributed by atoms with Crippen molar-refractivity contribution < 1.29 is 27.4 Å². The van der Waals surface area contributed by atoms with Crippen LogP contribution in [0.3, 0.4) is 0 Å². The van der Waals surface area contributed by atoms with Crippen molar-refractivity contribution in [2.45, 2.75) is 19.3 Å². The first-order valence-electron chi connectivity index (χ1n) is 9.36. The summed E-state index contributed by atoms with van der Waals surface area (Å²) in [5.74, 6) is 0.172. The fraction of sp³-hybridized carbons (Fsp3) is 0.182. The number of halogens is 3. The SMILES string of the molecule is NC(=O)c1ccc(Oc2ccc(CCNCc3ccc(OC(F)(F)F)cc3)cc2)nc1. The fourth-order valence-corrected chi connectivity index (χ4v) is 2.71. The standard InChI is InChI=1S/C22H20F3N3O3/c23-22(24,25)31-19-8-3-16(4-9-19)13-27-12-11-15-1-6-18(7-2-15)30-20-10-5-17(14-28-20)21(26)29/h1-10,14,27H,11-13H2,(H2,26,29). The lowest BCUT2D eigenvalue weighted by Gasteiger charge is -2.10. The number of amides is 1. The first-order valence-corrected chi connectivity index (χ1v) is 9.36. The largest absolute Gasteiger partial charge is 0.573 e. The fourth-order valence-electron chi connectivity index (χ4n) is 2.71. The zero-order valence-corrected chi connectivity index (χ0v) is 16.4. The number of hydrogen-bond acceptors (Lipinski definition) is 5. The number of rotatable bonds is 9. The van der Waals surface area contributed by atoms with Crippen molar-refractivity contribution in [3.63, 3.8) is 0 Å². The van der Waals surface area contributed by atoms with Crippen molar-refractivity contribution in [1.82, 2.24) is 10.3 Å². The minimum atomic E-state index is -4.69. The molecule has 0 saturated heterocycles. The van der Waals surface area contributed by atoms with Gasteiger partial charge in [0.1, 0.15) is 11.5 Å². The molecule has 3 aromatic rings. The number of primary amides is 1. The lowest BCUT2D eigenvalue weighted by Crippen LogP contribution is -2.18. The van der Waals surface area contributed by atoms with Crippen molar-refractivity contribution >= 4 is 5.91 Å². The van der Waals surface area contributed by atoms with Crippen LogP contribution >= 0.6 is 0 Å². The third kappa shape index (κ3) is 7.31. The number of ether oxygens (including phenoxy) is 2. The van der Waals surface area contributed by atoms with Gasteiger partial charge in [-0.2, -0.15) is 0 Å². The maximum atomic E-state index is 12.2. The predicted octanol–water partition coefficient (Wildman–Crippen LogP) is 4.20. The highest BCUT2D eigenvalue weighted by Crippen LogP contribution is 2.23. The van der Waals surface area contributed by atoms with E-state index in [1.807, 2.05) is 24.3 Å². The predicted molar refractivity (Wildman–Crippen MR) is 108 cm³/mol. The van der Waals surface area contributed by atoms with Crippen LogP contribution in [0.25, 0.3) is 0 Å². The second-order valence-corrected chi connectivity index (χ2v) is 6.61. The van der Waals surface area contributed by atoms with Gasteiger partial charge >= 0.3 is 6.36 Å². The molecule has 0 aliphatic carbocycles. The highest BCUT2D eigenvalue weighted by Gasteiger charge is 2.30. The molecule has 0 spiro atoms. The average molecular weight is 431 g/mol. The van der Waals surface area contributed by atoms with E-state index in [1.54, 1.807) is 24.3 Å². The van der Waals surface area contributed by atoms with Crippen LogP contribution in [-0.2, 0) is 13.0 Å². The Hall–Kier alpha value is -3.59. The molecular weight excluding hydrogens is 411 g/mol. The van der Waals surface area contributed by atoms with Crippen LogP contribution in [0.15, 0.2) is 66.9 Å². The number of alkyl halides is 3. The summed E-state index contributed by atoms with van der Waals surface area (Å²) in [6.45, 7) is 1.22. The molecule has 1 amide bonds. The number of carbonyl (C=O) groups excluding carboxylic acids is 1. The van der Waals surface area contributed by atoms with Gasteiger partial charge in [0.15, 0.2) is 0 Å². The van der Waals surface area contributed by atoms with Crippen LogP contribution in [-0.4, -0.2) is 23.8 Å². The summed E-state index contributed by atoms with van der Waals surface area (Å²) in [5, 5.41) is 3.24. The molecule has 2 aromatic carbocycles. The number of nitrogens with one attached hydrogen (secondary N) is 1. The van der Waals surface area contributed by atoms with Gasteiger partial charge in [-0.3, -0.25) is 4.79 Å². The molecule has 0 fully saturated rings. The maximum Gasteiger partial charge on any atom is 0.573 e. The van der Waals surface area contributed by atoms with Crippen molar-refractivity contribution in [1.29, 1.82) is 0 Å². The molecule has 6 nitrogen and oxygen atoms in total. The van der Waals surface area contributed by atoms with Gasteiger partial charge in [-0.25, -0.2) is 4.98 Å². The Bertz CT molecular complexity index is 990. The molecule has 3 rings (SSSR count). The van der Waals surface area contributed by atoms with Crippen LogP contribution < -0.4 is 20.5 Å². The summed E-state index contributed by atoms with van der Waals surface area (Å²) in [7, 11) is 0. The molecule has 0 bridgehead atoms. The Morgan fingerprint density at radius 2 is 1.58 bits per heavy atom. The molecular formula is C22H20F3N3O3. The average Bonchev–Trinajstić information content (AvgIpc) is 2.73. The zero-order valence-electron chi connectivity index (χ0n) is 16.4. The molecule has 0 atom stereocenters. The van der Waals surface area contributed by atoms with Crippen molar-refractivity contribution in [3.8, 4) is 17.4 Å². The summed E-state index contributed by atoms with van der Waals surface area (Å²) in [6.07, 6.45) is -2.57. The number of hydrogen-bond donors (Lipinski definition) is 2. The van der Waals surface area contributed by atoms with Crippen LogP contribution in [0.5, 0.6) is 17.4 Å². The first-order chi connectivity index (χ1) is 14.8. The Morgan fingerprint density at radius 3 is 2.16 bits per heavy atom. The molecule has 0 aliphatic heterocycles. The summed E-state index contributed by atoms with van der Waals surface area (Å²) >= 11 is 0. The van der Waals surface area contributed by atoms with Crippen molar-refractivity contribution in [2.75, 3.05) is 6.54 Å². The number of aromatic nitrogens is 1. The van der Waals surface area contributed by atoms with Gasteiger partial charge in [-0.05, 0) is 54.4 Å². The van der Waals surface area contributed by atoms with Crippen LogP contribution in [0, 0.1) is 0 Å². The van der Waals surface area contributed by atoms with Gasteiger partial charge < -0.3 is 20.5 Å². The lowest BCUT2D eigenvalue weighted by molar-refractivity contribution is -0.274. The Morgan fingerprint density at radius 1 is 0.935 bits per heavy atom. The van der Waals surface area contributed by atoms with Crippen LogP contribution in [0.2, 0.25) is 0 Å². The molecule has 0 unspecified atom stereocenters. The van der Waals surface area contributed by atoms with Crippen LogP contribution in [0.1, 0.15) is 21.5 Å². The molecule has 9 heteroatoms. The molecule has 1 aromatic heterocycles. The summed E-state index contributed by atoms with van der Waals surface area (Å²) in [6, 6.07) is 16.4. The molecule has 0 aliphatic rings. The highest BCUT2D eigenvalue weighted by molar-refractivity contribution is 5.92. The Kier molecular flexibility index (Phi) is 7.09. The van der Waals surface area contributed by atoms with Crippen molar-refractivity contribution in [2.24, 2.45) is 5.73 Å². The highest BCUT2D eigenvalue weighted by atomic mass is 19.4. The molecule has 1 heterocycles. The van der Waals surface area contributed by atoms with E-state index in [1.165, 1.54) is 18.3 Å². The molecule has 162 valence electrons. The second-order valence-electron chi connectivity index (χ2n) is 6.61. The van der Waals surface area contributed by atoms with Gasteiger partial charge in [-0.15, -0.1) is 13.2 Å². The quantitative estimate of drug-likeness (QED) is 0.496. The Balaban J connectivity index is 1.41. The minimum absolute atomic E-state index is 0.238. The van der Waals surface area contributed by atoms with E-state index in [2.05, 4.69) is 15.0 Å². The molecule has 0 radical (unpaired) electrons. The van der Waals surface area contributed by atoms with E-state index >= 15 is 0 Å². The third-order valence-electron chi connectivity index (χ3n) is 4.24. The lowest BCUT2D eigenvalue weighted by atomic mass is 10.1.